The number of anilines is 2. The highest BCUT2D eigenvalue weighted by Crippen LogP contribution is 2.25. The average molecular weight is 415 g/mol. The van der Waals surface area contributed by atoms with Crippen LogP contribution < -0.4 is 11.1 Å². The fourth-order valence-electron chi connectivity index (χ4n) is 2.48. The summed E-state index contributed by atoms with van der Waals surface area (Å²) in [6, 6.07) is 14.5. The van der Waals surface area contributed by atoms with Gasteiger partial charge in [0.1, 0.15) is 16.7 Å². The molecule has 6 nitrogen and oxygen atoms in total. The Hall–Kier alpha value is -2.52. The second-order valence-corrected chi connectivity index (χ2v) is 8.69. The number of hydrogen-bond acceptors (Lipinski definition) is 6. The molecule has 0 saturated heterocycles. The van der Waals surface area contributed by atoms with E-state index in [0.29, 0.717) is 18.0 Å². The number of thiazole rings is 1. The van der Waals surface area contributed by atoms with E-state index >= 15 is 0 Å². The molecule has 0 aliphatic rings. The fourth-order valence-corrected chi connectivity index (χ4v) is 4.27. The lowest BCUT2D eigenvalue weighted by molar-refractivity contribution is 0.475. The number of aromatic hydroxyl groups is 1. The molecule has 8 heteroatoms. The fraction of sp³-hybridized carbons (Fsp3) is 0.150. The van der Waals surface area contributed by atoms with E-state index in [1.54, 1.807) is 35.7 Å². The number of benzene rings is 2. The maximum Gasteiger partial charge on any atom is 0.187 e. The molecular formula is C20H22N4O2S2. The SMILES string of the molecule is CN(CCN)S(=O)c1cccc(Nc2ncc(/C=C/c3cccc(O)c3)s2)c1. The molecule has 3 aromatic rings. The standard InChI is InChI=1S/C20H22N4O2S2/c1-24(11-10-21)28(26)19-7-3-5-16(13-19)23-20-22-14-18(27-20)9-8-15-4-2-6-17(25)12-15/h2-9,12-14,25H,10-11,21H2,1H3,(H,22,23)/b9-8+. The van der Waals surface area contributed by atoms with Gasteiger partial charge in [0.15, 0.2) is 5.13 Å². The molecule has 1 heterocycles. The molecule has 0 aliphatic heterocycles. The van der Waals surface area contributed by atoms with Gasteiger partial charge in [0.25, 0.3) is 0 Å². The predicted octanol–water partition coefficient (Wildman–Crippen LogP) is 3.68. The van der Waals surface area contributed by atoms with Crippen molar-refractivity contribution in [3.63, 3.8) is 0 Å². The Kier molecular flexibility index (Phi) is 6.94. The third-order valence-electron chi connectivity index (χ3n) is 3.85. The number of likely N-dealkylation sites (N-methyl/N-ethyl adjacent to an activating group) is 1. The number of nitrogens with one attached hydrogen (secondary N) is 1. The lowest BCUT2D eigenvalue weighted by Gasteiger charge is -2.15. The van der Waals surface area contributed by atoms with Gasteiger partial charge in [0, 0.05) is 36.9 Å². The smallest absolute Gasteiger partial charge is 0.187 e. The minimum atomic E-state index is -1.25. The van der Waals surface area contributed by atoms with Gasteiger partial charge in [-0.2, -0.15) is 0 Å². The summed E-state index contributed by atoms with van der Waals surface area (Å²) >= 11 is 1.51. The molecule has 0 amide bonds. The summed E-state index contributed by atoms with van der Waals surface area (Å²) in [5.74, 6) is 0.239. The highest BCUT2D eigenvalue weighted by molar-refractivity contribution is 7.82. The predicted molar refractivity (Wildman–Crippen MR) is 117 cm³/mol. The van der Waals surface area contributed by atoms with Gasteiger partial charge < -0.3 is 16.2 Å². The maximum absolute atomic E-state index is 12.5. The van der Waals surface area contributed by atoms with Crippen molar-refractivity contribution in [2.24, 2.45) is 5.73 Å². The highest BCUT2D eigenvalue weighted by atomic mass is 32.2. The largest absolute Gasteiger partial charge is 0.508 e. The third kappa shape index (κ3) is 5.49. The molecule has 0 radical (unpaired) electrons. The van der Waals surface area contributed by atoms with Crippen LogP contribution in [-0.2, 0) is 11.0 Å². The Balaban J connectivity index is 1.68. The molecule has 0 bridgehead atoms. The Morgan fingerprint density at radius 3 is 2.86 bits per heavy atom. The average Bonchev–Trinajstić information content (AvgIpc) is 3.13. The van der Waals surface area contributed by atoms with Crippen LogP contribution in [0, 0.1) is 0 Å². The quantitative estimate of drug-likeness (QED) is 0.523. The number of aromatic nitrogens is 1. The molecule has 1 atom stereocenters. The van der Waals surface area contributed by atoms with Crippen LogP contribution in [0.3, 0.4) is 0 Å². The second kappa shape index (κ2) is 9.61. The number of phenols is 1. The molecule has 0 aliphatic carbocycles. The number of nitrogens with two attached hydrogens (primary N) is 1. The van der Waals surface area contributed by atoms with Gasteiger partial charge in [-0.25, -0.2) is 13.5 Å². The van der Waals surface area contributed by atoms with Crippen molar-refractivity contribution in [1.29, 1.82) is 0 Å². The van der Waals surface area contributed by atoms with Crippen LogP contribution in [0.1, 0.15) is 10.4 Å². The molecule has 0 spiro atoms. The topological polar surface area (TPSA) is 91.5 Å². The maximum atomic E-state index is 12.5. The van der Waals surface area contributed by atoms with E-state index in [4.69, 9.17) is 5.73 Å². The van der Waals surface area contributed by atoms with E-state index in [1.165, 1.54) is 11.3 Å². The zero-order chi connectivity index (χ0) is 19.9. The first-order chi connectivity index (χ1) is 13.5. The van der Waals surface area contributed by atoms with Gasteiger partial charge in [-0.15, -0.1) is 0 Å². The summed E-state index contributed by atoms with van der Waals surface area (Å²) in [7, 11) is 0.534. The van der Waals surface area contributed by atoms with Crippen molar-refractivity contribution >= 4 is 45.3 Å². The Morgan fingerprint density at radius 1 is 1.25 bits per heavy atom. The van der Waals surface area contributed by atoms with E-state index in [9.17, 15) is 9.32 Å². The van der Waals surface area contributed by atoms with Crippen LogP contribution in [0.5, 0.6) is 5.75 Å². The first-order valence-corrected chi connectivity index (χ1v) is 10.6. The van der Waals surface area contributed by atoms with Gasteiger partial charge in [-0.3, -0.25) is 0 Å². The van der Waals surface area contributed by atoms with Crippen LogP contribution in [0.25, 0.3) is 12.2 Å². The lowest BCUT2D eigenvalue weighted by atomic mass is 10.2. The van der Waals surface area contributed by atoms with E-state index in [1.807, 2.05) is 42.5 Å². The summed E-state index contributed by atoms with van der Waals surface area (Å²) in [5, 5.41) is 13.5. The zero-order valence-corrected chi connectivity index (χ0v) is 17.0. The lowest BCUT2D eigenvalue weighted by Crippen LogP contribution is -2.27. The first-order valence-electron chi connectivity index (χ1n) is 8.68. The van der Waals surface area contributed by atoms with E-state index < -0.39 is 11.0 Å². The minimum absolute atomic E-state index is 0.239. The number of hydrogen-bond donors (Lipinski definition) is 3. The van der Waals surface area contributed by atoms with Gasteiger partial charge in [-0.05, 0) is 42.0 Å². The van der Waals surface area contributed by atoms with E-state index in [-0.39, 0.29) is 5.75 Å². The Bertz CT molecular complexity index is 988. The normalized spacial score (nSPS) is 12.5. The van der Waals surface area contributed by atoms with Crippen LogP contribution in [-0.4, -0.2) is 38.7 Å². The van der Waals surface area contributed by atoms with Crippen molar-refractivity contribution in [3.8, 4) is 5.75 Å². The molecular weight excluding hydrogens is 392 g/mol. The molecule has 2 aromatic carbocycles. The summed E-state index contributed by atoms with van der Waals surface area (Å²) in [5.41, 5.74) is 7.28. The molecule has 3 rings (SSSR count). The van der Waals surface area contributed by atoms with Crippen molar-refractivity contribution in [1.82, 2.24) is 9.29 Å². The van der Waals surface area contributed by atoms with Crippen LogP contribution in [0.4, 0.5) is 10.8 Å². The molecule has 0 fully saturated rings. The first kappa shape index (κ1) is 20.2. The van der Waals surface area contributed by atoms with Crippen LogP contribution in [0.15, 0.2) is 59.6 Å². The minimum Gasteiger partial charge on any atom is -0.508 e. The van der Waals surface area contributed by atoms with Crippen molar-refractivity contribution in [2.45, 2.75) is 4.90 Å². The van der Waals surface area contributed by atoms with Crippen LogP contribution in [0.2, 0.25) is 0 Å². The number of phenolic OH excluding ortho intramolecular Hbond substituents is 1. The van der Waals surface area contributed by atoms with Gasteiger partial charge in [0.2, 0.25) is 0 Å². The van der Waals surface area contributed by atoms with Crippen LogP contribution >= 0.6 is 11.3 Å². The van der Waals surface area contributed by atoms with E-state index in [2.05, 4.69) is 10.3 Å². The second-order valence-electron chi connectivity index (χ2n) is 6.04. The Labute approximate surface area is 170 Å². The number of rotatable bonds is 8. The molecule has 1 unspecified atom stereocenters. The summed E-state index contributed by atoms with van der Waals surface area (Å²) in [6.45, 7) is 1.02. The van der Waals surface area contributed by atoms with Crippen molar-refractivity contribution in [2.75, 3.05) is 25.5 Å². The van der Waals surface area contributed by atoms with Gasteiger partial charge >= 0.3 is 0 Å². The van der Waals surface area contributed by atoms with Gasteiger partial charge in [-0.1, -0.05) is 35.6 Å². The molecule has 28 heavy (non-hydrogen) atoms. The van der Waals surface area contributed by atoms with E-state index in [0.717, 1.165) is 21.3 Å². The summed E-state index contributed by atoms with van der Waals surface area (Å²) < 4.78 is 14.2. The molecule has 146 valence electrons. The molecule has 1 aromatic heterocycles. The summed E-state index contributed by atoms with van der Waals surface area (Å²) in [6.07, 6.45) is 5.66. The zero-order valence-electron chi connectivity index (χ0n) is 15.4. The Morgan fingerprint density at radius 2 is 2.07 bits per heavy atom. The van der Waals surface area contributed by atoms with Gasteiger partial charge in [0.05, 0.1) is 4.90 Å². The van der Waals surface area contributed by atoms with Crippen molar-refractivity contribution < 1.29 is 9.32 Å². The molecule has 0 saturated carbocycles. The summed E-state index contributed by atoms with van der Waals surface area (Å²) in [4.78, 5) is 6.07. The molecule has 4 N–H and O–H groups in total. The van der Waals surface area contributed by atoms with Crippen molar-refractivity contribution in [3.05, 3.63) is 65.2 Å². The third-order valence-corrected chi connectivity index (χ3v) is 6.13. The number of nitrogens with zero attached hydrogens (tertiary/aromatic N) is 2. The monoisotopic (exact) mass is 414 g/mol. The highest BCUT2D eigenvalue weighted by Gasteiger charge is 2.10.